The second-order valence-corrected chi connectivity index (χ2v) is 4.64. The van der Waals surface area contributed by atoms with Gasteiger partial charge in [0.15, 0.2) is 0 Å². The Kier molecular flexibility index (Phi) is 5.60. The fourth-order valence-corrected chi connectivity index (χ4v) is 2.37. The number of amides is 1. The Morgan fingerprint density at radius 1 is 1.31 bits per heavy atom. The molecule has 4 nitrogen and oxygen atoms in total. The summed E-state index contributed by atoms with van der Waals surface area (Å²) in [6.45, 7) is 6.46. The van der Waals surface area contributed by atoms with Gasteiger partial charge < -0.3 is 10.1 Å². The number of carbonyl (C=O) groups is 1. The number of hydrogen-bond acceptors (Lipinski definition) is 3. The number of rotatable bonds is 5. The molecule has 1 N–H and O–H groups in total. The van der Waals surface area contributed by atoms with E-state index in [9.17, 15) is 4.79 Å². The van der Waals surface area contributed by atoms with E-state index in [1.807, 2.05) is 0 Å². The van der Waals surface area contributed by atoms with E-state index in [2.05, 4.69) is 28.8 Å². The summed E-state index contributed by atoms with van der Waals surface area (Å²) in [5.41, 5.74) is 0. The van der Waals surface area contributed by atoms with Crippen LogP contribution in [0.4, 0.5) is 4.79 Å². The molecule has 1 aliphatic heterocycles. The minimum atomic E-state index is -0.331. The zero-order valence-corrected chi connectivity index (χ0v) is 10.7. The molecular weight excluding hydrogens is 204 g/mol. The molecule has 1 saturated heterocycles. The molecule has 0 spiro atoms. The van der Waals surface area contributed by atoms with Gasteiger partial charge in [0.05, 0.1) is 7.11 Å². The number of hydrogen-bond donors (Lipinski definition) is 1. The molecule has 2 atom stereocenters. The van der Waals surface area contributed by atoms with E-state index in [0.29, 0.717) is 6.54 Å². The van der Waals surface area contributed by atoms with Crippen molar-refractivity contribution in [3.05, 3.63) is 0 Å². The molecule has 0 aromatic rings. The van der Waals surface area contributed by atoms with Crippen molar-refractivity contribution in [1.29, 1.82) is 0 Å². The maximum absolute atomic E-state index is 10.8. The number of unbranched alkanes of at least 4 members (excludes halogenated alkanes) is 1. The monoisotopic (exact) mass is 228 g/mol. The first kappa shape index (κ1) is 13.3. The van der Waals surface area contributed by atoms with Gasteiger partial charge in [0.1, 0.15) is 0 Å². The smallest absolute Gasteiger partial charge is 0.406 e. The van der Waals surface area contributed by atoms with Crippen molar-refractivity contribution in [1.82, 2.24) is 10.2 Å². The van der Waals surface area contributed by atoms with Crippen LogP contribution in [-0.2, 0) is 4.74 Å². The highest BCUT2D eigenvalue weighted by Crippen LogP contribution is 2.23. The van der Waals surface area contributed by atoms with Crippen LogP contribution in [0.15, 0.2) is 0 Å². The average Bonchev–Trinajstić information content (AvgIpc) is 2.59. The van der Waals surface area contributed by atoms with Gasteiger partial charge in [-0.1, -0.05) is 0 Å². The Bertz CT molecular complexity index is 211. The molecule has 4 heteroatoms. The zero-order chi connectivity index (χ0) is 12.0. The van der Waals surface area contributed by atoms with Crippen LogP contribution >= 0.6 is 0 Å². The molecule has 0 unspecified atom stereocenters. The van der Waals surface area contributed by atoms with E-state index in [4.69, 9.17) is 0 Å². The fourth-order valence-electron chi connectivity index (χ4n) is 2.37. The van der Waals surface area contributed by atoms with Gasteiger partial charge in [-0.15, -0.1) is 0 Å². The Morgan fingerprint density at radius 3 is 2.50 bits per heavy atom. The lowest BCUT2D eigenvalue weighted by molar-refractivity contribution is 0.170. The summed E-state index contributed by atoms with van der Waals surface area (Å²) in [7, 11) is 1.39. The first-order chi connectivity index (χ1) is 7.65. The molecule has 1 amide bonds. The molecule has 0 aliphatic carbocycles. The van der Waals surface area contributed by atoms with Crippen molar-refractivity contribution in [2.75, 3.05) is 20.2 Å². The summed E-state index contributed by atoms with van der Waals surface area (Å²) in [4.78, 5) is 13.4. The van der Waals surface area contributed by atoms with Crippen LogP contribution in [0.25, 0.3) is 0 Å². The third-order valence-electron chi connectivity index (χ3n) is 3.43. The zero-order valence-electron chi connectivity index (χ0n) is 10.7. The molecule has 94 valence electrons. The standard InChI is InChI=1S/C12H24N2O2/c1-10-6-7-11(2)14(10)9-5-4-8-13-12(15)16-3/h10-11H,4-9H2,1-3H3,(H,13,15)/t10-,11-/m0/s1. The normalized spacial score (nSPS) is 25.7. The number of alkyl carbamates (subject to hydrolysis) is 1. The van der Waals surface area contributed by atoms with Crippen molar-refractivity contribution in [2.45, 2.75) is 51.6 Å². The predicted octanol–water partition coefficient (Wildman–Crippen LogP) is 2.00. The summed E-state index contributed by atoms with van der Waals surface area (Å²) in [6, 6.07) is 1.45. The Morgan fingerprint density at radius 2 is 1.94 bits per heavy atom. The van der Waals surface area contributed by atoms with Gasteiger partial charge in [0.25, 0.3) is 0 Å². The number of nitrogens with zero attached hydrogens (tertiary/aromatic N) is 1. The minimum absolute atomic E-state index is 0.331. The van der Waals surface area contributed by atoms with Crippen molar-refractivity contribution in [3.8, 4) is 0 Å². The second kappa shape index (κ2) is 6.74. The summed E-state index contributed by atoms with van der Waals surface area (Å²) in [6.07, 6.45) is 4.47. The quantitative estimate of drug-likeness (QED) is 0.732. The number of likely N-dealkylation sites (tertiary alicyclic amines) is 1. The van der Waals surface area contributed by atoms with E-state index in [1.54, 1.807) is 0 Å². The van der Waals surface area contributed by atoms with Gasteiger partial charge in [-0.2, -0.15) is 0 Å². The van der Waals surface area contributed by atoms with E-state index >= 15 is 0 Å². The van der Waals surface area contributed by atoms with Crippen molar-refractivity contribution in [3.63, 3.8) is 0 Å². The molecule has 1 aliphatic rings. The second-order valence-electron chi connectivity index (χ2n) is 4.64. The Labute approximate surface area is 98.3 Å². The molecule has 1 heterocycles. The number of methoxy groups -OCH3 is 1. The first-order valence-electron chi connectivity index (χ1n) is 6.22. The van der Waals surface area contributed by atoms with Gasteiger partial charge in [0, 0.05) is 18.6 Å². The lowest BCUT2D eigenvalue weighted by Crippen LogP contribution is -2.34. The van der Waals surface area contributed by atoms with E-state index < -0.39 is 0 Å². The summed E-state index contributed by atoms with van der Waals surface area (Å²) in [5.74, 6) is 0. The van der Waals surface area contributed by atoms with Crippen LogP contribution in [0.2, 0.25) is 0 Å². The highest BCUT2D eigenvalue weighted by atomic mass is 16.5. The SMILES string of the molecule is COC(=O)NCCCCN1[C@@H](C)CC[C@@H]1C. The van der Waals surface area contributed by atoms with Crippen LogP contribution in [0.1, 0.15) is 39.5 Å². The minimum Gasteiger partial charge on any atom is -0.453 e. The summed E-state index contributed by atoms with van der Waals surface area (Å²) >= 11 is 0. The van der Waals surface area contributed by atoms with Gasteiger partial charge in [-0.25, -0.2) is 4.79 Å². The molecule has 0 saturated carbocycles. The predicted molar refractivity (Wildman–Crippen MR) is 64.5 cm³/mol. The van der Waals surface area contributed by atoms with E-state index in [-0.39, 0.29) is 6.09 Å². The summed E-state index contributed by atoms with van der Waals surface area (Å²) in [5, 5.41) is 2.70. The largest absolute Gasteiger partial charge is 0.453 e. The van der Waals surface area contributed by atoms with Crippen molar-refractivity contribution in [2.24, 2.45) is 0 Å². The van der Waals surface area contributed by atoms with Crippen molar-refractivity contribution < 1.29 is 9.53 Å². The number of nitrogens with one attached hydrogen (secondary N) is 1. The van der Waals surface area contributed by atoms with Crippen molar-refractivity contribution >= 4 is 6.09 Å². The molecule has 1 fully saturated rings. The third kappa shape index (κ3) is 4.00. The first-order valence-corrected chi connectivity index (χ1v) is 6.22. The highest BCUT2D eigenvalue weighted by Gasteiger charge is 2.26. The molecule has 0 aromatic carbocycles. The third-order valence-corrected chi connectivity index (χ3v) is 3.43. The van der Waals surface area contributed by atoms with Crippen LogP contribution in [-0.4, -0.2) is 43.3 Å². The topological polar surface area (TPSA) is 41.6 Å². The molecule has 0 aromatic heterocycles. The van der Waals surface area contributed by atoms with Gasteiger partial charge >= 0.3 is 6.09 Å². The Balaban J connectivity index is 2.04. The van der Waals surface area contributed by atoms with Crippen LogP contribution in [0, 0.1) is 0 Å². The highest BCUT2D eigenvalue weighted by molar-refractivity contribution is 5.66. The summed E-state index contributed by atoms with van der Waals surface area (Å²) < 4.78 is 4.50. The van der Waals surface area contributed by atoms with Gasteiger partial charge in [-0.05, 0) is 46.1 Å². The van der Waals surface area contributed by atoms with Crippen LogP contribution in [0.3, 0.4) is 0 Å². The molecule has 16 heavy (non-hydrogen) atoms. The van der Waals surface area contributed by atoms with E-state index in [1.165, 1.54) is 20.0 Å². The van der Waals surface area contributed by atoms with Gasteiger partial charge in [-0.3, -0.25) is 4.90 Å². The van der Waals surface area contributed by atoms with Crippen LogP contribution in [0.5, 0.6) is 0 Å². The Hall–Kier alpha value is -0.770. The lowest BCUT2D eigenvalue weighted by Gasteiger charge is -2.25. The maximum Gasteiger partial charge on any atom is 0.406 e. The maximum atomic E-state index is 10.8. The number of ether oxygens (including phenoxy) is 1. The molecular formula is C12H24N2O2. The molecule has 1 rings (SSSR count). The molecule has 0 bridgehead atoms. The average molecular weight is 228 g/mol. The number of carbonyl (C=O) groups excluding carboxylic acids is 1. The lowest BCUT2D eigenvalue weighted by atomic mass is 10.2. The van der Waals surface area contributed by atoms with Gasteiger partial charge in [0.2, 0.25) is 0 Å². The fraction of sp³-hybridized carbons (Fsp3) is 0.917. The van der Waals surface area contributed by atoms with Crippen LogP contribution < -0.4 is 5.32 Å². The van der Waals surface area contributed by atoms with E-state index in [0.717, 1.165) is 31.5 Å². The molecule has 0 radical (unpaired) electrons.